The molecule has 0 aliphatic carbocycles. The van der Waals surface area contributed by atoms with Gasteiger partial charge in [0.05, 0.1) is 12.8 Å². The Morgan fingerprint density at radius 2 is 2.00 bits per heavy atom. The van der Waals surface area contributed by atoms with Crippen LogP contribution in [0.1, 0.15) is 26.3 Å². The Morgan fingerprint density at radius 1 is 1.23 bits per heavy atom. The minimum absolute atomic E-state index is 0.420. The second kappa shape index (κ2) is 9.49. The van der Waals surface area contributed by atoms with Crippen molar-refractivity contribution >= 4 is 29.2 Å². The summed E-state index contributed by atoms with van der Waals surface area (Å²) >= 11 is 0. The molecule has 0 spiro atoms. The lowest BCUT2D eigenvalue weighted by atomic mass is 10.1. The summed E-state index contributed by atoms with van der Waals surface area (Å²) in [7, 11) is 5.52. The van der Waals surface area contributed by atoms with Crippen LogP contribution in [0.2, 0.25) is 0 Å². The number of hydrogen-bond acceptors (Lipinski definition) is 8. The number of carbonyl (C=O) groups excluding carboxylic acids is 1. The molecule has 9 nitrogen and oxygen atoms in total. The van der Waals surface area contributed by atoms with Crippen LogP contribution in [0.25, 0.3) is 0 Å². The summed E-state index contributed by atoms with van der Waals surface area (Å²) in [6, 6.07) is 7.78. The Labute approximate surface area is 183 Å². The predicted octanol–water partition coefficient (Wildman–Crippen LogP) is 3.45. The molecule has 9 heteroatoms. The fourth-order valence-electron chi connectivity index (χ4n) is 3.33. The number of anilines is 4. The third kappa shape index (κ3) is 5.83. The van der Waals surface area contributed by atoms with Crippen molar-refractivity contribution in [3.8, 4) is 0 Å². The van der Waals surface area contributed by atoms with Crippen molar-refractivity contribution in [2.75, 3.05) is 56.1 Å². The molecular formula is C22H32N6O3. The van der Waals surface area contributed by atoms with Gasteiger partial charge in [0.15, 0.2) is 0 Å². The molecule has 0 unspecified atom stereocenters. The molecule has 1 aromatic carbocycles. The second-order valence-corrected chi connectivity index (χ2v) is 8.70. The molecule has 31 heavy (non-hydrogen) atoms. The molecule has 1 aliphatic heterocycles. The smallest absolute Gasteiger partial charge is 0.416 e. The van der Waals surface area contributed by atoms with Crippen LogP contribution < -0.4 is 15.3 Å². The van der Waals surface area contributed by atoms with Gasteiger partial charge in [-0.25, -0.2) is 9.78 Å². The SMILES string of the molecule is CONc1ccc2c(c1)CCN2c1nccc(N(CCN(C)C)C(=O)OC(C)(C)C)n1. The Bertz CT molecular complexity index is 912. The highest BCUT2D eigenvalue weighted by Crippen LogP contribution is 2.35. The molecule has 2 heterocycles. The maximum absolute atomic E-state index is 12.9. The molecule has 0 fully saturated rings. The van der Waals surface area contributed by atoms with Crippen molar-refractivity contribution < 1.29 is 14.4 Å². The number of ether oxygens (including phenoxy) is 1. The largest absolute Gasteiger partial charge is 0.443 e. The van der Waals surface area contributed by atoms with E-state index in [9.17, 15) is 4.79 Å². The quantitative estimate of drug-likeness (QED) is 0.672. The third-order valence-electron chi connectivity index (χ3n) is 4.73. The Hall–Kier alpha value is -2.91. The van der Waals surface area contributed by atoms with Crippen LogP contribution in [-0.4, -0.2) is 67.4 Å². The minimum Gasteiger partial charge on any atom is -0.443 e. The normalized spacial score (nSPS) is 13.3. The number of nitrogens with zero attached hydrogens (tertiary/aromatic N) is 5. The maximum atomic E-state index is 12.9. The Balaban J connectivity index is 1.88. The summed E-state index contributed by atoms with van der Waals surface area (Å²) in [6.07, 6.45) is 2.14. The fraction of sp³-hybridized carbons (Fsp3) is 0.500. The standard InChI is InChI=1S/C22H32N6O3/c1-22(2,3)31-21(29)28(14-13-26(4)5)19-9-11-23-20(24-19)27-12-10-16-15-17(25-30-6)7-8-18(16)27/h7-9,11,15,25H,10,12-14H2,1-6H3. The lowest BCUT2D eigenvalue weighted by Gasteiger charge is -2.28. The van der Waals surface area contributed by atoms with Crippen LogP contribution in [0.3, 0.4) is 0 Å². The Kier molecular flexibility index (Phi) is 6.97. The van der Waals surface area contributed by atoms with Crippen LogP contribution in [0.15, 0.2) is 30.5 Å². The van der Waals surface area contributed by atoms with Gasteiger partial charge in [-0.05, 0) is 71.1 Å². The van der Waals surface area contributed by atoms with Crippen LogP contribution in [0.4, 0.5) is 27.9 Å². The third-order valence-corrected chi connectivity index (χ3v) is 4.73. The number of benzene rings is 1. The molecule has 1 N–H and O–H groups in total. The van der Waals surface area contributed by atoms with Crippen LogP contribution >= 0.6 is 0 Å². The molecule has 0 saturated heterocycles. The van der Waals surface area contributed by atoms with Crippen LogP contribution in [0.5, 0.6) is 0 Å². The van der Waals surface area contributed by atoms with E-state index in [2.05, 4.69) is 21.4 Å². The minimum atomic E-state index is -0.592. The van der Waals surface area contributed by atoms with E-state index in [1.807, 2.05) is 51.9 Å². The predicted molar refractivity (Wildman–Crippen MR) is 122 cm³/mol. The van der Waals surface area contributed by atoms with Crippen LogP contribution in [-0.2, 0) is 16.0 Å². The van der Waals surface area contributed by atoms with Gasteiger partial charge in [0.1, 0.15) is 11.4 Å². The molecule has 3 rings (SSSR count). The zero-order chi connectivity index (χ0) is 22.6. The molecule has 2 aromatic rings. The maximum Gasteiger partial charge on any atom is 0.416 e. The van der Waals surface area contributed by atoms with Gasteiger partial charge >= 0.3 is 6.09 Å². The van der Waals surface area contributed by atoms with Gasteiger partial charge in [-0.15, -0.1) is 0 Å². The number of likely N-dealkylation sites (N-methyl/N-ethyl adjacent to an activating group) is 1. The molecule has 168 valence electrons. The highest BCUT2D eigenvalue weighted by Gasteiger charge is 2.27. The zero-order valence-corrected chi connectivity index (χ0v) is 19.2. The number of nitrogens with one attached hydrogen (secondary N) is 1. The van der Waals surface area contributed by atoms with Crippen molar-refractivity contribution in [3.05, 3.63) is 36.0 Å². The van der Waals surface area contributed by atoms with Crippen molar-refractivity contribution in [1.82, 2.24) is 14.9 Å². The summed E-state index contributed by atoms with van der Waals surface area (Å²) in [6.45, 7) is 7.47. The Morgan fingerprint density at radius 3 is 2.68 bits per heavy atom. The lowest BCUT2D eigenvalue weighted by Crippen LogP contribution is -2.41. The summed E-state index contributed by atoms with van der Waals surface area (Å²) in [4.78, 5) is 32.7. The highest BCUT2D eigenvalue weighted by molar-refractivity contribution is 5.87. The number of fused-ring (bicyclic) bond motifs is 1. The molecule has 0 radical (unpaired) electrons. The van der Waals surface area contributed by atoms with Gasteiger partial charge in [-0.1, -0.05) is 0 Å². The van der Waals surface area contributed by atoms with E-state index in [1.165, 1.54) is 5.56 Å². The summed E-state index contributed by atoms with van der Waals surface area (Å²) in [5.74, 6) is 1.08. The summed E-state index contributed by atoms with van der Waals surface area (Å²) in [5.41, 5.74) is 5.41. The van der Waals surface area contributed by atoms with Crippen molar-refractivity contribution in [2.24, 2.45) is 0 Å². The highest BCUT2D eigenvalue weighted by atomic mass is 16.6. The number of amides is 1. The van der Waals surface area contributed by atoms with Crippen molar-refractivity contribution in [3.63, 3.8) is 0 Å². The zero-order valence-electron chi connectivity index (χ0n) is 19.2. The van der Waals surface area contributed by atoms with E-state index in [1.54, 1.807) is 24.3 Å². The summed E-state index contributed by atoms with van der Waals surface area (Å²) in [5, 5.41) is 0. The van der Waals surface area contributed by atoms with Gasteiger partial charge in [0.2, 0.25) is 5.95 Å². The molecule has 1 aromatic heterocycles. The van der Waals surface area contributed by atoms with E-state index in [0.29, 0.717) is 24.9 Å². The first-order chi connectivity index (χ1) is 14.7. The summed E-state index contributed by atoms with van der Waals surface area (Å²) < 4.78 is 5.62. The molecular weight excluding hydrogens is 396 g/mol. The van der Waals surface area contributed by atoms with Gasteiger partial charge < -0.3 is 14.5 Å². The number of rotatable bonds is 7. The fourth-order valence-corrected chi connectivity index (χ4v) is 3.33. The molecule has 0 bridgehead atoms. The van der Waals surface area contributed by atoms with E-state index < -0.39 is 11.7 Å². The molecule has 1 aliphatic rings. The van der Waals surface area contributed by atoms with Crippen LogP contribution in [0, 0.1) is 0 Å². The molecule has 0 atom stereocenters. The van der Waals surface area contributed by atoms with E-state index in [4.69, 9.17) is 14.6 Å². The van der Waals surface area contributed by atoms with E-state index >= 15 is 0 Å². The van der Waals surface area contributed by atoms with Gasteiger partial charge in [0.25, 0.3) is 0 Å². The van der Waals surface area contributed by atoms with Crippen molar-refractivity contribution in [2.45, 2.75) is 32.8 Å². The average molecular weight is 429 g/mol. The molecule has 0 saturated carbocycles. The average Bonchev–Trinajstić information content (AvgIpc) is 3.10. The first-order valence-electron chi connectivity index (χ1n) is 10.4. The van der Waals surface area contributed by atoms with E-state index in [0.717, 1.165) is 24.3 Å². The van der Waals surface area contributed by atoms with Gasteiger partial charge in [0, 0.05) is 31.5 Å². The van der Waals surface area contributed by atoms with Gasteiger partial charge in [-0.2, -0.15) is 4.98 Å². The topological polar surface area (TPSA) is 83.1 Å². The first-order valence-corrected chi connectivity index (χ1v) is 10.4. The second-order valence-electron chi connectivity index (χ2n) is 8.70. The molecule has 1 amide bonds. The number of hydrogen-bond donors (Lipinski definition) is 1. The lowest BCUT2D eigenvalue weighted by molar-refractivity contribution is 0.0577. The number of carbonyl (C=O) groups is 1. The first kappa shape index (κ1) is 22.8. The number of aromatic nitrogens is 2. The van der Waals surface area contributed by atoms with Gasteiger partial charge in [-0.3, -0.25) is 15.2 Å². The monoisotopic (exact) mass is 428 g/mol. The van der Waals surface area contributed by atoms with E-state index in [-0.39, 0.29) is 0 Å². The van der Waals surface area contributed by atoms with Crippen molar-refractivity contribution in [1.29, 1.82) is 0 Å².